The summed E-state index contributed by atoms with van der Waals surface area (Å²) in [5.74, 6) is -5.84. The number of hydrogen-bond acceptors (Lipinski definition) is 6. The second-order valence-corrected chi connectivity index (χ2v) is 9.52. The van der Waals surface area contributed by atoms with E-state index in [-0.39, 0.29) is 10.6 Å². The van der Waals surface area contributed by atoms with Crippen LogP contribution in [0.5, 0.6) is 11.6 Å². The first-order chi connectivity index (χ1) is 15.7. The number of halogens is 6. The number of ether oxygens (including phenoxy) is 1. The zero-order valence-corrected chi connectivity index (χ0v) is 18.8. The molecule has 0 fully saturated rings. The van der Waals surface area contributed by atoms with Gasteiger partial charge in [0.05, 0.1) is 14.8 Å². The number of benzene rings is 2. The number of amides is 1. The molecule has 3 aromatic rings. The van der Waals surface area contributed by atoms with Crippen LogP contribution in [0.2, 0.25) is 5.02 Å². The van der Waals surface area contributed by atoms with E-state index in [4.69, 9.17) is 21.1 Å². The summed E-state index contributed by atoms with van der Waals surface area (Å²) in [7, 11) is -3.17. The van der Waals surface area contributed by atoms with Gasteiger partial charge in [0.25, 0.3) is 11.8 Å². The van der Waals surface area contributed by atoms with Crippen LogP contribution in [0.4, 0.5) is 27.6 Å². The zero-order valence-electron chi connectivity index (χ0n) is 17.3. The summed E-state index contributed by atoms with van der Waals surface area (Å²) in [6.07, 6.45) is -3.86. The van der Waals surface area contributed by atoms with Crippen LogP contribution in [0.25, 0.3) is 0 Å². The Bertz CT molecular complexity index is 1400. The lowest BCUT2D eigenvalue weighted by atomic mass is 10.1. The van der Waals surface area contributed by atoms with E-state index in [0.717, 1.165) is 25.3 Å². The Morgan fingerprint density at radius 2 is 1.85 bits per heavy atom. The first-order valence-electron chi connectivity index (χ1n) is 9.11. The van der Waals surface area contributed by atoms with E-state index in [0.29, 0.717) is 0 Å². The van der Waals surface area contributed by atoms with Crippen molar-refractivity contribution in [1.29, 1.82) is 4.78 Å². The minimum Gasteiger partial charge on any atom is -0.431 e. The summed E-state index contributed by atoms with van der Waals surface area (Å²) in [5.41, 5.74) is -3.07. The molecule has 2 aromatic carbocycles. The molecular formula is C20H14ClF5N4O3S. The van der Waals surface area contributed by atoms with Crippen LogP contribution in [-0.2, 0) is 15.9 Å². The highest BCUT2D eigenvalue weighted by Crippen LogP contribution is 2.37. The molecule has 1 unspecified atom stereocenters. The molecule has 3 rings (SSSR count). The van der Waals surface area contributed by atoms with Gasteiger partial charge in [0, 0.05) is 16.8 Å². The minimum absolute atomic E-state index is 0.0137. The molecule has 1 heterocycles. The van der Waals surface area contributed by atoms with Gasteiger partial charge in [0.2, 0.25) is 5.75 Å². The molecule has 7 nitrogen and oxygen atoms in total. The van der Waals surface area contributed by atoms with Crippen molar-refractivity contribution in [3.8, 4) is 11.6 Å². The SMILES string of the molecule is Cc1c(C(F)(F)F)nnc(Oc2c(F)ccc(Cl)c2F)c1C(=O)Nc1cccc(S(C)(=N)=O)c1. The van der Waals surface area contributed by atoms with Gasteiger partial charge in [-0.2, -0.15) is 13.2 Å². The Labute approximate surface area is 194 Å². The number of aromatic nitrogens is 2. The average Bonchev–Trinajstić information content (AvgIpc) is 2.72. The number of hydrogen-bond donors (Lipinski definition) is 2. The fourth-order valence-corrected chi connectivity index (χ4v) is 3.65. The number of rotatable bonds is 5. The minimum atomic E-state index is -5.00. The van der Waals surface area contributed by atoms with Crippen LogP contribution < -0.4 is 10.1 Å². The fourth-order valence-electron chi connectivity index (χ4n) is 2.82. The Balaban J connectivity index is 2.13. The molecule has 1 atom stereocenters. The molecule has 0 spiro atoms. The normalized spacial score (nSPS) is 13.3. The third-order valence-electron chi connectivity index (χ3n) is 4.42. The predicted octanol–water partition coefficient (Wildman–Crippen LogP) is 5.82. The highest BCUT2D eigenvalue weighted by Gasteiger charge is 2.38. The molecule has 1 amide bonds. The predicted molar refractivity (Wildman–Crippen MR) is 113 cm³/mol. The van der Waals surface area contributed by atoms with Gasteiger partial charge in [0.1, 0.15) is 5.56 Å². The van der Waals surface area contributed by atoms with Crippen molar-refractivity contribution in [3.63, 3.8) is 0 Å². The monoisotopic (exact) mass is 520 g/mol. The van der Waals surface area contributed by atoms with E-state index < -0.39 is 66.9 Å². The Kier molecular flexibility index (Phi) is 6.80. The van der Waals surface area contributed by atoms with Gasteiger partial charge in [-0.3, -0.25) is 4.79 Å². The van der Waals surface area contributed by atoms with Crippen molar-refractivity contribution >= 4 is 32.9 Å². The van der Waals surface area contributed by atoms with Crippen molar-refractivity contribution in [1.82, 2.24) is 10.2 Å². The van der Waals surface area contributed by atoms with Gasteiger partial charge in [-0.05, 0) is 42.8 Å². The maximum Gasteiger partial charge on any atom is 0.435 e. The Hall–Kier alpha value is -3.32. The van der Waals surface area contributed by atoms with E-state index in [9.17, 15) is 31.0 Å². The molecule has 0 radical (unpaired) electrons. The number of nitrogens with one attached hydrogen (secondary N) is 2. The Morgan fingerprint density at radius 1 is 1.18 bits per heavy atom. The molecular weight excluding hydrogens is 507 g/mol. The van der Waals surface area contributed by atoms with E-state index >= 15 is 0 Å². The smallest absolute Gasteiger partial charge is 0.431 e. The summed E-state index contributed by atoms with van der Waals surface area (Å²) in [5, 5.41) is 7.96. The number of nitrogens with zero attached hydrogens (tertiary/aromatic N) is 2. The van der Waals surface area contributed by atoms with Crippen LogP contribution in [0, 0.1) is 23.3 Å². The van der Waals surface area contributed by atoms with Crippen LogP contribution in [-0.4, -0.2) is 26.6 Å². The quantitative estimate of drug-likeness (QED) is 0.326. The lowest BCUT2D eigenvalue weighted by Crippen LogP contribution is -2.21. The molecule has 14 heteroatoms. The third kappa shape index (κ3) is 5.25. The third-order valence-corrected chi connectivity index (χ3v) is 5.87. The van der Waals surface area contributed by atoms with Crippen molar-refractivity contribution in [2.75, 3.05) is 11.6 Å². The summed E-state index contributed by atoms with van der Waals surface area (Å²) in [4.78, 5) is 13.0. The summed E-state index contributed by atoms with van der Waals surface area (Å²) in [6, 6.07) is 6.90. The molecule has 180 valence electrons. The van der Waals surface area contributed by atoms with Crippen molar-refractivity contribution < 1.29 is 35.7 Å². The zero-order chi connectivity index (χ0) is 25.4. The van der Waals surface area contributed by atoms with Gasteiger partial charge >= 0.3 is 6.18 Å². The lowest BCUT2D eigenvalue weighted by Gasteiger charge is -2.16. The molecule has 34 heavy (non-hydrogen) atoms. The standard InChI is InChI=1S/C20H14ClF5N4O3S/c1-9-14(18(31)28-10-4-3-5-11(8-10)34(2,27)32)19(30-29-17(9)20(24,25)26)33-16-13(22)7-6-12(21)15(16)23/h3-8,27H,1-2H3,(H,28,31). The van der Waals surface area contributed by atoms with Crippen molar-refractivity contribution in [3.05, 3.63) is 69.9 Å². The van der Waals surface area contributed by atoms with Gasteiger partial charge in [0.15, 0.2) is 17.3 Å². The second-order valence-electron chi connectivity index (χ2n) is 6.95. The number of carbonyl (C=O) groups excluding carboxylic acids is 1. The molecule has 0 bridgehead atoms. The highest BCUT2D eigenvalue weighted by molar-refractivity contribution is 7.91. The van der Waals surface area contributed by atoms with Gasteiger partial charge < -0.3 is 10.1 Å². The van der Waals surface area contributed by atoms with Crippen LogP contribution in [0.3, 0.4) is 0 Å². The van der Waals surface area contributed by atoms with Crippen LogP contribution >= 0.6 is 11.6 Å². The highest BCUT2D eigenvalue weighted by atomic mass is 35.5. The van der Waals surface area contributed by atoms with E-state index in [2.05, 4.69) is 15.5 Å². The van der Waals surface area contributed by atoms with Crippen LogP contribution in [0.1, 0.15) is 21.6 Å². The molecule has 0 aliphatic heterocycles. The van der Waals surface area contributed by atoms with Crippen molar-refractivity contribution in [2.45, 2.75) is 18.0 Å². The van der Waals surface area contributed by atoms with Gasteiger partial charge in [-0.1, -0.05) is 17.7 Å². The second kappa shape index (κ2) is 9.14. The molecule has 0 aliphatic rings. The molecule has 0 saturated heterocycles. The number of alkyl halides is 3. The lowest BCUT2D eigenvalue weighted by molar-refractivity contribution is -0.142. The maximum atomic E-state index is 14.3. The fraction of sp³-hybridized carbons (Fsp3) is 0.150. The first-order valence-corrected chi connectivity index (χ1v) is 11.5. The summed E-state index contributed by atoms with van der Waals surface area (Å²) in [6.45, 7) is 0.906. The van der Waals surface area contributed by atoms with Gasteiger partial charge in [-0.25, -0.2) is 17.8 Å². The summed E-state index contributed by atoms with van der Waals surface area (Å²) < 4.78 is 93.2. The van der Waals surface area contributed by atoms with Crippen LogP contribution in [0.15, 0.2) is 41.3 Å². The topological polar surface area (TPSA) is 105 Å². The first kappa shape index (κ1) is 25.3. The van der Waals surface area contributed by atoms with E-state index in [1.165, 1.54) is 24.3 Å². The largest absolute Gasteiger partial charge is 0.435 e. The molecule has 1 aromatic heterocycles. The molecule has 0 saturated carbocycles. The van der Waals surface area contributed by atoms with Gasteiger partial charge in [-0.15, -0.1) is 10.2 Å². The van der Waals surface area contributed by atoms with E-state index in [1.54, 1.807) is 0 Å². The maximum absolute atomic E-state index is 14.3. The number of anilines is 1. The van der Waals surface area contributed by atoms with Crippen molar-refractivity contribution in [2.24, 2.45) is 0 Å². The Morgan fingerprint density at radius 3 is 2.47 bits per heavy atom. The number of carbonyl (C=O) groups is 1. The molecule has 2 N–H and O–H groups in total. The van der Waals surface area contributed by atoms with E-state index in [1.807, 2.05) is 0 Å². The summed E-state index contributed by atoms with van der Waals surface area (Å²) >= 11 is 5.60. The average molecular weight is 521 g/mol. The molecule has 0 aliphatic carbocycles.